The zero-order valence-corrected chi connectivity index (χ0v) is 12.0. The summed E-state index contributed by atoms with van der Waals surface area (Å²) >= 11 is 0. The fraction of sp³-hybridized carbons (Fsp3) is 0.176. The molecule has 0 fully saturated rings. The summed E-state index contributed by atoms with van der Waals surface area (Å²) in [5, 5.41) is 10.9. The number of aromatic nitrogens is 1. The number of hydrogen-bond donors (Lipinski definition) is 1. The van der Waals surface area contributed by atoms with Crippen molar-refractivity contribution in [2.75, 3.05) is 7.11 Å². The molecule has 3 rings (SSSR count). The highest BCUT2D eigenvalue weighted by atomic mass is 16.5. The highest BCUT2D eigenvalue weighted by Gasteiger charge is 2.12. The van der Waals surface area contributed by atoms with Gasteiger partial charge in [-0.3, -0.25) is 0 Å². The Morgan fingerprint density at radius 3 is 2.57 bits per heavy atom. The SMILES string of the molecule is COc1ccccc1OCc1cn(C)c2cccc(O)c12. The lowest BCUT2D eigenvalue weighted by Gasteiger charge is -2.10. The van der Waals surface area contributed by atoms with Gasteiger partial charge in [0, 0.05) is 24.2 Å². The maximum Gasteiger partial charge on any atom is 0.161 e. The van der Waals surface area contributed by atoms with Crippen molar-refractivity contribution in [3.8, 4) is 17.2 Å². The van der Waals surface area contributed by atoms with Crippen molar-refractivity contribution in [3.05, 3.63) is 54.2 Å². The first-order valence-electron chi connectivity index (χ1n) is 6.72. The van der Waals surface area contributed by atoms with Crippen LogP contribution in [0, 0.1) is 0 Å². The van der Waals surface area contributed by atoms with Gasteiger partial charge in [0.2, 0.25) is 0 Å². The van der Waals surface area contributed by atoms with Crippen LogP contribution in [-0.2, 0) is 13.7 Å². The molecule has 0 aliphatic rings. The van der Waals surface area contributed by atoms with E-state index in [9.17, 15) is 5.11 Å². The van der Waals surface area contributed by atoms with Gasteiger partial charge in [-0.15, -0.1) is 0 Å². The summed E-state index contributed by atoms with van der Waals surface area (Å²) in [5.41, 5.74) is 1.92. The summed E-state index contributed by atoms with van der Waals surface area (Å²) in [7, 11) is 3.57. The van der Waals surface area contributed by atoms with Crippen molar-refractivity contribution >= 4 is 10.9 Å². The quantitative estimate of drug-likeness (QED) is 0.797. The van der Waals surface area contributed by atoms with Gasteiger partial charge < -0.3 is 19.1 Å². The minimum Gasteiger partial charge on any atom is -0.507 e. The summed E-state index contributed by atoms with van der Waals surface area (Å²) in [4.78, 5) is 0. The number of aryl methyl sites for hydroxylation is 1. The molecule has 1 N–H and O–H groups in total. The number of methoxy groups -OCH3 is 1. The van der Waals surface area contributed by atoms with Gasteiger partial charge in [0.1, 0.15) is 12.4 Å². The fourth-order valence-electron chi connectivity index (χ4n) is 2.52. The Hall–Kier alpha value is -2.62. The van der Waals surface area contributed by atoms with Gasteiger partial charge in [-0.05, 0) is 24.3 Å². The first kappa shape index (κ1) is 13.4. The molecule has 0 saturated carbocycles. The van der Waals surface area contributed by atoms with Crippen LogP contribution in [0.2, 0.25) is 0 Å². The number of aromatic hydroxyl groups is 1. The van der Waals surface area contributed by atoms with Gasteiger partial charge in [0.15, 0.2) is 11.5 Å². The second kappa shape index (κ2) is 5.40. The van der Waals surface area contributed by atoms with Crippen molar-refractivity contribution < 1.29 is 14.6 Å². The summed E-state index contributed by atoms with van der Waals surface area (Å²) in [6.07, 6.45) is 1.97. The number of hydrogen-bond acceptors (Lipinski definition) is 3. The standard InChI is InChI=1S/C17H17NO3/c1-18-10-12(17-13(18)6-5-7-14(17)19)11-21-16-9-4-3-8-15(16)20-2/h3-10,19H,11H2,1-2H3. The molecule has 3 aromatic rings. The second-order valence-electron chi connectivity index (χ2n) is 4.88. The van der Waals surface area contributed by atoms with Crippen molar-refractivity contribution in [2.45, 2.75) is 6.61 Å². The van der Waals surface area contributed by atoms with E-state index in [0.29, 0.717) is 18.1 Å². The first-order valence-corrected chi connectivity index (χ1v) is 6.72. The Morgan fingerprint density at radius 2 is 1.81 bits per heavy atom. The Morgan fingerprint density at radius 1 is 1.05 bits per heavy atom. The molecular formula is C17H17NO3. The van der Waals surface area contributed by atoms with Crippen molar-refractivity contribution in [3.63, 3.8) is 0 Å². The van der Waals surface area contributed by atoms with Crippen LogP contribution in [0.5, 0.6) is 17.2 Å². The molecule has 108 valence electrons. The van der Waals surface area contributed by atoms with E-state index in [2.05, 4.69) is 0 Å². The van der Waals surface area contributed by atoms with Gasteiger partial charge >= 0.3 is 0 Å². The third-order valence-corrected chi connectivity index (χ3v) is 3.52. The molecule has 4 nitrogen and oxygen atoms in total. The lowest BCUT2D eigenvalue weighted by molar-refractivity contribution is 0.285. The third-order valence-electron chi connectivity index (χ3n) is 3.52. The highest BCUT2D eigenvalue weighted by molar-refractivity contribution is 5.89. The molecule has 0 atom stereocenters. The lowest BCUT2D eigenvalue weighted by atomic mass is 10.1. The highest BCUT2D eigenvalue weighted by Crippen LogP contribution is 2.31. The molecule has 0 radical (unpaired) electrons. The van der Waals surface area contributed by atoms with E-state index in [1.165, 1.54) is 0 Å². The average Bonchev–Trinajstić information content (AvgIpc) is 2.83. The molecule has 0 saturated heterocycles. The Balaban J connectivity index is 1.92. The lowest BCUT2D eigenvalue weighted by Crippen LogP contribution is -1.97. The van der Waals surface area contributed by atoms with Crippen LogP contribution in [0.1, 0.15) is 5.56 Å². The minimum absolute atomic E-state index is 0.270. The van der Waals surface area contributed by atoms with E-state index in [1.807, 2.05) is 54.2 Å². The summed E-state index contributed by atoms with van der Waals surface area (Å²) in [6, 6.07) is 13.0. The molecule has 1 heterocycles. The largest absolute Gasteiger partial charge is 0.507 e. The molecule has 0 aliphatic carbocycles. The maximum atomic E-state index is 10.1. The first-order chi connectivity index (χ1) is 10.2. The van der Waals surface area contributed by atoms with Crippen LogP contribution in [0.4, 0.5) is 0 Å². The average molecular weight is 283 g/mol. The summed E-state index contributed by atoms with van der Waals surface area (Å²) in [6.45, 7) is 0.370. The summed E-state index contributed by atoms with van der Waals surface area (Å²) in [5.74, 6) is 1.65. The van der Waals surface area contributed by atoms with Crippen molar-refractivity contribution in [1.29, 1.82) is 0 Å². The van der Waals surface area contributed by atoms with Gasteiger partial charge in [0.05, 0.1) is 12.6 Å². The van der Waals surface area contributed by atoms with E-state index in [1.54, 1.807) is 13.2 Å². The third kappa shape index (κ3) is 2.40. The van der Waals surface area contributed by atoms with Crippen molar-refractivity contribution in [2.24, 2.45) is 7.05 Å². The number of fused-ring (bicyclic) bond motifs is 1. The monoisotopic (exact) mass is 283 g/mol. The Bertz CT molecular complexity index is 777. The second-order valence-corrected chi connectivity index (χ2v) is 4.88. The maximum absolute atomic E-state index is 10.1. The number of phenolic OH excluding ortho intramolecular Hbond substituents is 1. The van der Waals surface area contributed by atoms with E-state index >= 15 is 0 Å². The smallest absolute Gasteiger partial charge is 0.161 e. The van der Waals surface area contributed by atoms with Crippen LogP contribution in [0.25, 0.3) is 10.9 Å². The van der Waals surface area contributed by atoms with Crippen LogP contribution >= 0.6 is 0 Å². The molecule has 21 heavy (non-hydrogen) atoms. The van der Waals surface area contributed by atoms with E-state index in [0.717, 1.165) is 16.5 Å². The molecule has 4 heteroatoms. The van der Waals surface area contributed by atoms with Gasteiger partial charge in [-0.1, -0.05) is 18.2 Å². The topological polar surface area (TPSA) is 43.6 Å². The summed E-state index contributed by atoms with van der Waals surface area (Å²) < 4.78 is 13.1. The predicted octanol–water partition coefficient (Wildman–Crippen LogP) is 3.47. The number of para-hydroxylation sites is 2. The molecule has 1 aromatic heterocycles. The number of phenols is 1. The molecule has 2 aromatic carbocycles. The molecular weight excluding hydrogens is 266 g/mol. The molecule has 0 unspecified atom stereocenters. The normalized spacial score (nSPS) is 10.8. The van der Waals surface area contributed by atoms with E-state index in [4.69, 9.17) is 9.47 Å². The van der Waals surface area contributed by atoms with Crippen molar-refractivity contribution in [1.82, 2.24) is 4.57 Å². The molecule has 0 amide bonds. The fourth-order valence-corrected chi connectivity index (χ4v) is 2.52. The number of nitrogens with zero attached hydrogens (tertiary/aromatic N) is 1. The number of ether oxygens (including phenoxy) is 2. The Kier molecular flexibility index (Phi) is 3.44. The number of benzene rings is 2. The molecule has 0 spiro atoms. The molecule has 0 bridgehead atoms. The Labute approximate surface area is 123 Å². The van der Waals surface area contributed by atoms with Crippen LogP contribution in [0.3, 0.4) is 0 Å². The van der Waals surface area contributed by atoms with Crippen LogP contribution in [0.15, 0.2) is 48.7 Å². The van der Waals surface area contributed by atoms with Gasteiger partial charge in [-0.2, -0.15) is 0 Å². The minimum atomic E-state index is 0.270. The van der Waals surface area contributed by atoms with E-state index in [-0.39, 0.29) is 5.75 Å². The predicted molar refractivity (Wildman–Crippen MR) is 81.9 cm³/mol. The van der Waals surface area contributed by atoms with Gasteiger partial charge in [0.25, 0.3) is 0 Å². The molecule has 0 aliphatic heterocycles. The number of rotatable bonds is 4. The zero-order chi connectivity index (χ0) is 14.8. The zero-order valence-electron chi connectivity index (χ0n) is 12.0. The van der Waals surface area contributed by atoms with Crippen LogP contribution < -0.4 is 9.47 Å². The van der Waals surface area contributed by atoms with Crippen LogP contribution in [-0.4, -0.2) is 16.8 Å². The van der Waals surface area contributed by atoms with Gasteiger partial charge in [-0.25, -0.2) is 0 Å². The van der Waals surface area contributed by atoms with E-state index < -0.39 is 0 Å².